The molecule has 1 fully saturated rings. The molecule has 1 atom stereocenters. The number of hydrogen-bond donors (Lipinski definition) is 2. The summed E-state index contributed by atoms with van der Waals surface area (Å²) >= 11 is 1.16. The van der Waals surface area contributed by atoms with Gasteiger partial charge in [-0.3, -0.25) is 29.3 Å². The van der Waals surface area contributed by atoms with Crippen molar-refractivity contribution in [2.24, 2.45) is 0 Å². The van der Waals surface area contributed by atoms with Crippen molar-refractivity contribution in [1.29, 1.82) is 0 Å². The minimum Gasteiger partial charge on any atom is -0.462 e. The quantitative estimate of drug-likeness (QED) is 0.0682. The number of nitrogens with zero attached hydrogens (tertiary/aromatic N) is 2. The number of benzene rings is 4. The van der Waals surface area contributed by atoms with Crippen molar-refractivity contribution < 1.29 is 33.6 Å². The van der Waals surface area contributed by atoms with Crippen molar-refractivity contribution >= 4 is 64.5 Å². The van der Waals surface area contributed by atoms with E-state index in [1.165, 1.54) is 54.6 Å². The van der Waals surface area contributed by atoms with Gasteiger partial charge in [-0.15, -0.1) is 11.8 Å². The zero-order valence-corrected chi connectivity index (χ0v) is 26.3. The Morgan fingerprint density at radius 3 is 2.31 bits per heavy atom. The van der Waals surface area contributed by atoms with Crippen LogP contribution < -0.4 is 15.5 Å². The number of carbonyl (C=O) groups excluding carboxylic acids is 5. The van der Waals surface area contributed by atoms with Crippen LogP contribution in [-0.4, -0.2) is 46.4 Å². The first kappa shape index (κ1) is 33.3. The first-order valence-electron chi connectivity index (χ1n) is 14.7. The predicted octanol–water partition coefficient (Wildman–Crippen LogP) is 5.61. The Hall–Kier alpha value is -6.08. The van der Waals surface area contributed by atoms with Gasteiger partial charge in [0.25, 0.3) is 17.5 Å². The molecule has 2 N–H and O–H groups in total. The summed E-state index contributed by atoms with van der Waals surface area (Å²) in [7, 11) is 0. The van der Waals surface area contributed by atoms with Gasteiger partial charge in [0.1, 0.15) is 5.70 Å². The van der Waals surface area contributed by atoms with Crippen molar-refractivity contribution in [3.05, 3.63) is 136 Å². The number of non-ortho nitro benzene ring substituents is 1. The lowest BCUT2D eigenvalue weighted by Crippen LogP contribution is -2.31. The number of esters is 1. The highest BCUT2D eigenvalue weighted by molar-refractivity contribution is 8.00. The zero-order valence-electron chi connectivity index (χ0n) is 25.5. The van der Waals surface area contributed by atoms with Gasteiger partial charge in [-0.1, -0.05) is 24.3 Å². The highest BCUT2D eigenvalue weighted by Gasteiger charge is 2.40. The molecule has 1 aliphatic heterocycles. The lowest BCUT2D eigenvalue weighted by molar-refractivity contribution is -0.384. The molecule has 1 saturated heterocycles. The lowest BCUT2D eigenvalue weighted by Gasteiger charge is -2.15. The number of nitro benzene ring substituents is 1. The van der Waals surface area contributed by atoms with E-state index in [4.69, 9.17) is 4.74 Å². The largest absolute Gasteiger partial charge is 0.462 e. The molecule has 5 rings (SSSR count). The molecule has 1 unspecified atom stereocenters. The fraction of sp³-hybridized carbons (Fsp3) is 0.114. The van der Waals surface area contributed by atoms with E-state index < -0.39 is 33.9 Å². The first-order chi connectivity index (χ1) is 23.1. The summed E-state index contributed by atoms with van der Waals surface area (Å²) in [6.07, 6.45) is 1.35. The molecule has 1 aliphatic rings. The number of ether oxygens (including phenoxy) is 1. The summed E-state index contributed by atoms with van der Waals surface area (Å²) in [5, 5.41) is 15.7. The number of anilines is 2. The molecule has 0 saturated carbocycles. The molecule has 0 aliphatic carbocycles. The molecule has 12 nitrogen and oxygen atoms in total. The third-order valence-electron chi connectivity index (χ3n) is 7.06. The average Bonchev–Trinajstić information content (AvgIpc) is 3.36. The minimum absolute atomic E-state index is 0.0483. The van der Waals surface area contributed by atoms with Crippen LogP contribution in [0.15, 0.2) is 114 Å². The van der Waals surface area contributed by atoms with E-state index in [1.54, 1.807) is 61.5 Å². The van der Waals surface area contributed by atoms with Crippen LogP contribution in [0.3, 0.4) is 0 Å². The number of nitrogens with one attached hydrogen (secondary N) is 2. The fourth-order valence-corrected chi connectivity index (χ4v) is 5.85. The normalized spacial score (nSPS) is 14.4. The zero-order chi connectivity index (χ0) is 34.2. The van der Waals surface area contributed by atoms with Gasteiger partial charge >= 0.3 is 5.97 Å². The second kappa shape index (κ2) is 15.0. The van der Waals surface area contributed by atoms with Gasteiger partial charge in [0.05, 0.1) is 28.0 Å². The smallest absolute Gasteiger partial charge is 0.338 e. The van der Waals surface area contributed by atoms with Gasteiger partial charge in [-0.05, 0) is 85.3 Å². The summed E-state index contributed by atoms with van der Waals surface area (Å²) in [6, 6.07) is 26.5. The van der Waals surface area contributed by atoms with Gasteiger partial charge in [0.15, 0.2) is 0 Å². The summed E-state index contributed by atoms with van der Waals surface area (Å²) in [5.74, 6) is -2.51. The Kier molecular flexibility index (Phi) is 10.4. The summed E-state index contributed by atoms with van der Waals surface area (Å²) in [5.41, 5.74) is 1.51. The van der Waals surface area contributed by atoms with E-state index in [-0.39, 0.29) is 30.3 Å². The number of rotatable bonds is 11. The highest BCUT2D eigenvalue weighted by atomic mass is 32.2. The topological polar surface area (TPSA) is 165 Å². The van der Waals surface area contributed by atoms with E-state index >= 15 is 0 Å². The molecule has 48 heavy (non-hydrogen) atoms. The molecule has 242 valence electrons. The number of amides is 4. The molecule has 0 spiro atoms. The second-order valence-corrected chi connectivity index (χ2v) is 11.6. The Bertz CT molecular complexity index is 1910. The number of imide groups is 1. The highest BCUT2D eigenvalue weighted by Crippen LogP contribution is 2.35. The predicted molar refractivity (Wildman–Crippen MR) is 179 cm³/mol. The van der Waals surface area contributed by atoms with Crippen molar-refractivity contribution in [3.8, 4) is 0 Å². The van der Waals surface area contributed by atoms with Crippen molar-refractivity contribution in [1.82, 2.24) is 5.32 Å². The van der Waals surface area contributed by atoms with Crippen LogP contribution >= 0.6 is 11.8 Å². The average molecular weight is 665 g/mol. The minimum atomic E-state index is -0.726. The van der Waals surface area contributed by atoms with Crippen LogP contribution in [0.1, 0.15) is 39.6 Å². The molecule has 13 heteroatoms. The van der Waals surface area contributed by atoms with E-state index in [2.05, 4.69) is 10.6 Å². The van der Waals surface area contributed by atoms with Gasteiger partial charge in [0.2, 0.25) is 11.8 Å². The Morgan fingerprint density at radius 2 is 1.65 bits per heavy atom. The van der Waals surface area contributed by atoms with Crippen LogP contribution in [0.5, 0.6) is 0 Å². The molecule has 0 radical (unpaired) electrons. The fourth-order valence-electron chi connectivity index (χ4n) is 4.74. The van der Waals surface area contributed by atoms with Crippen LogP contribution in [-0.2, 0) is 19.1 Å². The third kappa shape index (κ3) is 8.00. The monoisotopic (exact) mass is 664 g/mol. The van der Waals surface area contributed by atoms with E-state index in [0.717, 1.165) is 16.7 Å². The molecule has 1 heterocycles. The van der Waals surface area contributed by atoms with Crippen LogP contribution in [0.2, 0.25) is 0 Å². The summed E-state index contributed by atoms with van der Waals surface area (Å²) < 4.78 is 4.98. The maximum absolute atomic E-state index is 13.5. The Balaban J connectivity index is 1.30. The number of thioether (sulfide) groups is 1. The van der Waals surface area contributed by atoms with Gasteiger partial charge in [-0.2, -0.15) is 0 Å². The van der Waals surface area contributed by atoms with E-state index in [0.29, 0.717) is 33.0 Å². The van der Waals surface area contributed by atoms with Crippen LogP contribution in [0, 0.1) is 10.1 Å². The SMILES string of the molecule is CCOC(=O)c1ccc(N2C(=O)CC(Sc3cccc(NC(=O)/C(=C/c4ccc([N+](=O)[O-])cc4)NC(=O)c4ccccc4)c3)C2=O)cc1. The molecular formula is C35H28N4O8S. The van der Waals surface area contributed by atoms with Crippen molar-refractivity contribution in [2.45, 2.75) is 23.5 Å². The Morgan fingerprint density at radius 1 is 0.938 bits per heavy atom. The molecule has 4 aromatic carbocycles. The Labute approximate surface area is 278 Å². The number of hydrogen-bond acceptors (Lipinski definition) is 9. The van der Waals surface area contributed by atoms with E-state index in [1.807, 2.05) is 0 Å². The third-order valence-corrected chi connectivity index (χ3v) is 8.23. The first-order valence-corrected chi connectivity index (χ1v) is 15.6. The van der Waals surface area contributed by atoms with Gasteiger partial charge < -0.3 is 15.4 Å². The molecule has 4 aromatic rings. The van der Waals surface area contributed by atoms with Gasteiger partial charge in [0, 0.05) is 34.7 Å². The summed E-state index contributed by atoms with van der Waals surface area (Å²) in [4.78, 5) is 76.7. The van der Waals surface area contributed by atoms with Crippen molar-refractivity contribution in [2.75, 3.05) is 16.8 Å². The van der Waals surface area contributed by atoms with Crippen LogP contribution in [0.25, 0.3) is 6.08 Å². The van der Waals surface area contributed by atoms with Gasteiger partial charge in [-0.25, -0.2) is 9.69 Å². The molecule has 0 bridgehead atoms. The maximum atomic E-state index is 13.5. The maximum Gasteiger partial charge on any atom is 0.338 e. The van der Waals surface area contributed by atoms with Crippen molar-refractivity contribution in [3.63, 3.8) is 0 Å². The second-order valence-electron chi connectivity index (χ2n) is 10.4. The molecule has 4 amide bonds. The standard InChI is InChI=1S/C35H28N4O8S/c1-2-47-35(44)24-13-17-26(18-14-24)38-31(40)21-30(34(38)43)48-28-10-6-9-25(20-28)36-33(42)29(37-32(41)23-7-4-3-5-8-23)19-22-11-15-27(16-12-22)39(45)46/h3-20,30H,2,21H2,1H3,(H,36,42)(H,37,41)/b29-19-. The van der Waals surface area contributed by atoms with Crippen LogP contribution in [0.4, 0.5) is 17.1 Å². The molecular weight excluding hydrogens is 636 g/mol. The number of carbonyl (C=O) groups is 5. The lowest BCUT2D eigenvalue weighted by atomic mass is 10.1. The molecule has 0 aromatic heterocycles. The summed E-state index contributed by atoms with van der Waals surface area (Å²) in [6.45, 7) is 1.92. The van der Waals surface area contributed by atoms with E-state index in [9.17, 15) is 34.1 Å². The number of nitro groups is 1.